The monoisotopic (exact) mass is 249 g/mol. The minimum Gasteiger partial charge on any atom is -0.620 e. The third-order valence-corrected chi connectivity index (χ3v) is 3.19. The molecular formula is C13H15NO4. The molecule has 0 spiro atoms. The van der Waals surface area contributed by atoms with Gasteiger partial charge in [-0.25, -0.2) is 4.79 Å². The fourth-order valence-electron chi connectivity index (χ4n) is 1.84. The van der Waals surface area contributed by atoms with Gasteiger partial charge in [-0.05, 0) is 17.7 Å². The Balaban J connectivity index is 2.28. The Hall–Kier alpha value is -2.04. The number of phenols is 1. The summed E-state index contributed by atoms with van der Waals surface area (Å²) in [5, 5.41) is 21.2. The molecule has 1 N–H and O–H groups in total. The van der Waals surface area contributed by atoms with Crippen LogP contribution in [-0.4, -0.2) is 27.3 Å². The first-order valence-electron chi connectivity index (χ1n) is 5.80. The molecular weight excluding hydrogens is 234 g/mol. The molecule has 0 fully saturated rings. The summed E-state index contributed by atoms with van der Waals surface area (Å²) < 4.78 is 5.76. The molecule has 0 radical (unpaired) electrons. The zero-order valence-electron chi connectivity index (χ0n) is 10.3. The highest BCUT2D eigenvalue weighted by Gasteiger charge is 2.47. The summed E-state index contributed by atoms with van der Waals surface area (Å²) in [7, 11) is 0. The molecule has 1 atom stereocenters. The molecule has 1 unspecified atom stereocenters. The van der Waals surface area contributed by atoms with Gasteiger partial charge < -0.3 is 15.1 Å². The number of carbonyl (C=O) groups excluding carboxylic acids is 1. The van der Waals surface area contributed by atoms with Gasteiger partial charge in [0.25, 0.3) is 5.71 Å². The smallest absolute Gasteiger partial charge is 0.405 e. The zero-order chi connectivity index (χ0) is 13.3. The summed E-state index contributed by atoms with van der Waals surface area (Å²) in [4.78, 5) is 11.7. The predicted octanol–water partition coefficient (Wildman–Crippen LogP) is 1.57. The molecule has 0 aromatic heterocycles. The van der Waals surface area contributed by atoms with Crippen molar-refractivity contribution < 1.29 is 19.4 Å². The summed E-state index contributed by atoms with van der Waals surface area (Å²) in [5.74, 6) is -0.419. The second kappa shape index (κ2) is 4.33. The Morgan fingerprint density at radius 2 is 2.00 bits per heavy atom. The van der Waals surface area contributed by atoms with Crippen molar-refractivity contribution in [3.63, 3.8) is 0 Å². The van der Waals surface area contributed by atoms with E-state index in [-0.39, 0.29) is 17.9 Å². The van der Waals surface area contributed by atoms with Crippen molar-refractivity contribution in [1.29, 1.82) is 0 Å². The number of hydrogen-bond acceptors (Lipinski definition) is 4. The van der Waals surface area contributed by atoms with Crippen LogP contribution < -0.4 is 0 Å². The normalized spacial score (nSPS) is 23.3. The van der Waals surface area contributed by atoms with Crippen molar-refractivity contribution in [2.75, 3.05) is 0 Å². The highest BCUT2D eigenvalue weighted by molar-refractivity contribution is 6.35. The number of cyclic esters (lactones) is 1. The van der Waals surface area contributed by atoms with Gasteiger partial charge in [-0.3, -0.25) is 0 Å². The van der Waals surface area contributed by atoms with E-state index in [1.165, 1.54) is 12.1 Å². The quantitative estimate of drug-likeness (QED) is 0.501. The van der Waals surface area contributed by atoms with E-state index in [2.05, 4.69) is 0 Å². The fourth-order valence-corrected chi connectivity index (χ4v) is 1.84. The molecule has 0 saturated heterocycles. The molecule has 5 heteroatoms. The van der Waals surface area contributed by atoms with E-state index in [1.54, 1.807) is 26.0 Å². The Labute approximate surface area is 105 Å². The van der Waals surface area contributed by atoms with E-state index in [0.717, 1.165) is 5.56 Å². The number of esters is 1. The number of ether oxygens (including phenoxy) is 1. The van der Waals surface area contributed by atoms with Gasteiger partial charge in [0, 0.05) is 13.3 Å². The lowest BCUT2D eigenvalue weighted by Crippen LogP contribution is -2.34. The summed E-state index contributed by atoms with van der Waals surface area (Å²) >= 11 is 0. The van der Waals surface area contributed by atoms with Crippen LogP contribution in [0.15, 0.2) is 24.3 Å². The molecule has 96 valence electrons. The minimum atomic E-state index is -1.09. The molecule has 18 heavy (non-hydrogen) atoms. The lowest BCUT2D eigenvalue weighted by atomic mass is 10.1. The van der Waals surface area contributed by atoms with Gasteiger partial charge in [-0.2, -0.15) is 4.74 Å². The number of benzene rings is 1. The summed E-state index contributed by atoms with van der Waals surface area (Å²) in [5.41, 5.74) is -0.213. The number of aromatic hydroxyl groups is 1. The number of rotatable bonds is 3. The fraction of sp³-hybridized carbons (Fsp3) is 0.385. The highest BCUT2D eigenvalue weighted by Crippen LogP contribution is 2.24. The highest BCUT2D eigenvalue weighted by atomic mass is 16.6. The third-order valence-electron chi connectivity index (χ3n) is 3.19. The molecule has 1 heterocycles. The van der Waals surface area contributed by atoms with Crippen molar-refractivity contribution in [2.24, 2.45) is 0 Å². The lowest BCUT2D eigenvalue weighted by molar-refractivity contribution is -0.585. The first kappa shape index (κ1) is 12.4. The Kier molecular flexibility index (Phi) is 2.98. The van der Waals surface area contributed by atoms with Crippen LogP contribution in [0.2, 0.25) is 0 Å². The van der Waals surface area contributed by atoms with Gasteiger partial charge >= 0.3 is 11.7 Å². The topological polar surface area (TPSA) is 72.6 Å². The van der Waals surface area contributed by atoms with Crippen LogP contribution in [0.4, 0.5) is 0 Å². The molecule has 0 amide bonds. The average Bonchev–Trinajstić information content (AvgIpc) is 2.56. The van der Waals surface area contributed by atoms with E-state index in [4.69, 9.17) is 4.74 Å². The van der Waals surface area contributed by atoms with Gasteiger partial charge in [0.1, 0.15) is 5.75 Å². The molecule has 2 rings (SSSR count). The van der Waals surface area contributed by atoms with Crippen molar-refractivity contribution in [3.8, 4) is 5.75 Å². The summed E-state index contributed by atoms with van der Waals surface area (Å²) in [6.07, 6.45) is 0.638. The third kappa shape index (κ3) is 2.03. The summed E-state index contributed by atoms with van der Waals surface area (Å²) in [6, 6.07) is 6.38. The van der Waals surface area contributed by atoms with Gasteiger partial charge in [0.2, 0.25) is 0 Å². The van der Waals surface area contributed by atoms with E-state index < -0.39 is 11.7 Å². The molecule has 1 aliphatic rings. The first-order valence-corrected chi connectivity index (χ1v) is 5.80. The Morgan fingerprint density at radius 1 is 1.39 bits per heavy atom. The van der Waals surface area contributed by atoms with Gasteiger partial charge in [-0.15, -0.1) is 0 Å². The maximum absolute atomic E-state index is 12.0. The lowest BCUT2D eigenvalue weighted by Gasteiger charge is -2.19. The summed E-state index contributed by atoms with van der Waals surface area (Å²) in [6.45, 7) is 3.39. The predicted molar refractivity (Wildman–Crippen MR) is 65.2 cm³/mol. The number of hydrogen-bond donors (Lipinski definition) is 1. The van der Waals surface area contributed by atoms with E-state index in [0.29, 0.717) is 11.2 Å². The minimum absolute atomic E-state index is 0.102. The molecule has 5 nitrogen and oxygen atoms in total. The Bertz CT molecular complexity index is 506. The number of nitrogens with zero attached hydrogens (tertiary/aromatic N) is 1. The molecule has 1 aromatic carbocycles. The number of phenolic OH excluding ortho intramolecular Hbond substituents is 1. The average molecular weight is 249 g/mol. The van der Waals surface area contributed by atoms with E-state index >= 15 is 0 Å². The van der Waals surface area contributed by atoms with Crippen molar-refractivity contribution >= 4 is 11.7 Å². The van der Waals surface area contributed by atoms with Crippen LogP contribution in [0, 0.1) is 5.21 Å². The van der Waals surface area contributed by atoms with Gasteiger partial charge in [0.15, 0.2) is 0 Å². The maximum atomic E-state index is 12.0. The van der Waals surface area contributed by atoms with Crippen LogP contribution in [0.25, 0.3) is 0 Å². The van der Waals surface area contributed by atoms with E-state index in [1.807, 2.05) is 0 Å². The standard InChI is InChI=1S/C13H15NO4/c1-3-13(2)14(17)11(12(16)18-13)8-9-4-6-10(15)7-5-9/h4-7,15H,3,8H2,1-2H3. The molecule has 1 aromatic rings. The van der Waals surface area contributed by atoms with Crippen LogP contribution in [0.5, 0.6) is 5.75 Å². The largest absolute Gasteiger partial charge is 0.620 e. The van der Waals surface area contributed by atoms with Crippen LogP contribution in [0.1, 0.15) is 25.8 Å². The van der Waals surface area contributed by atoms with Crippen LogP contribution in [-0.2, 0) is 16.0 Å². The second-order valence-corrected chi connectivity index (χ2v) is 4.50. The van der Waals surface area contributed by atoms with Gasteiger partial charge in [-0.1, -0.05) is 19.1 Å². The molecule has 1 aliphatic heterocycles. The SMILES string of the molecule is CCC1(C)OC(=O)C(Cc2ccc(O)cc2)=[N+]1[O-]. The van der Waals surface area contributed by atoms with E-state index in [9.17, 15) is 15.1 Å². The van der Waals surface area contributed by atoms with Gasteiger partial charge in [0.05, 0.1) is 6.42 Å². The maximum Gasteiger partial charge on any atom is 0.405 e. The second-order valence-electron chi connectivity index (χ2n) is 4.50. The Morgan fingerprint density at radius 3 is 2.50 bits per heavy atom. The number of carbonyl (C=O) groups is 1. The first-order chi connectivity index (χ1) is 8.46. The van der Waals surface area contributed by atoms with Crippen LogP contribution in [0.3, 0.4) is 0 Å². The van der Waals surface area contributed by atoms with Crippen molar-refractivity contribution in [2.45, 2.75) is 32.4 Å². The molecule has 0 bridgehead atoms. The van der Waals surface area contributed by atoms with Crippen LogP contribution >= 0.6 is 0 Å². The number of hydroxylamine groups is 1. The zero-order valence-corrected chi connectivity index (χ0v) is 10.3. The molecule has 0 aliphatic carbocycles. The van der Waals surface area contributed by atoms with Crippen molar-refractivity contribution in [3.05, 3.63) is 35.0 Å². The molecule has 0 saturated carbocycles. The van der Waals surface area contributed by atoms with Crippen molar-refractivity contribution in [1.82, 2.24) is 0 Å².